The first-order valence-corrected chi connectivity index (χ1v) is 8.73. The molecule has 0 bridgehead atoms. The van der Waals surface area contributed by atoms with E-state index in [1.165, 1.54) is 5.69 Å². The number of ether oxygens (including phenoxy) is 2. The van der Waals surface area contributed by atoms with Crippen LogP contribution in [0.5, 0.6) is 0 Å². The minimum atomic E-state index is 0.623. The second kappa shape index (κ2) is 7.67. The molecule has 2 aromatic heterocycles. The molecule has 3 aromatic rings. The van der Waals surface area contributed by atoms with Crippen LogP contribution in [0.1, 0.15) is 0 Å². The Bertz CT molecular complexity index is 858. The fraction of sp³-hybridized carbons (Fsp3) is 0.389. The predicted molar refractivity (Wildman–Crippen MR) is 99.6 cm³/mol. The molecule has 1 aliphatic heterocycles. The molecular weight excluding hydrogens is 332 g/mol. The lowest BCUT2D eigenvalue weighted by atomic mass is 10.2. The monoisotopic (exact) mass is 354 g/mol. The van der Waals surface area contributed by atoms with Crippen molar-refractivity contribution in [3.05, 3.63) is 36.4 Å². The number of anilines is 2. The summed E-state index contributed by atoms with van der Waals surface area (Å²) in [5.74, 6) is 1.49. The number of nitrogens with one attached hydrogen (secondary N) is 1. The Hall–Kier alpha value is -2.71. The van der Waals surface area contributed by atoms with E-state index in [-0.39, 0.29) is 0 Å². The highest BCUT2D eigenvalue weighted by molar-refractivity contribution is 5.63. The highest BCUT2D eigenvalue weighted by Gasteiger charge is 2.13. The van der Waals surface area contributed by atoms with Gasteiger partial charge in [0.05, 0.1) is 19.8 Å². The highest BCUT2D eigenvalue weighted by atomic mass is 16.5. The van der Waals surface area contributed by atoms with Crippen LogP contribution in [0.15, 0.2) is 36.4 Å². The summed E-state index contributed by atoms with van der Waals surface area (Å²) in [5.41, 5.74) is 2.89. The van der Waals surface area contributed by atoms with E-state index in [1.54, 1.807) is 11.6 Å². The van der Waals surface area contributed by atoms with Gasteiger partial charge in [0, 0.05) is 38.0 Å². The fourth-order valence-corrected chi connectivity index (χ4v) is 2.99. The first-order chi connectivity index (χ1) is 12.8. The van der Waals surface area contributed by atoms with Gasteiger partial charge in [-0.15, -0.1) is 15.3 Å². The summed E-state index contributed by atoms with van der Waals surface area (Å²) >= 11 is 0. The number of benzene rings is 1. The van der Waals surface area contributed by atoms with Crippen LogP contribution in [0.2, 0.25) is 0 Å². The van der Waals surface area contributed by atoms with Crippen LogP contribution >= 0.6 is 0 Å². The van der Waals surface area contributed by atoms with Crippen molar-refractivity contribution in [1.82, 2.24) is 19.8 Å². The van der Waals surface area contributed by atoms with Crippen molar-refractivity contribution in [2.75, 3.05) is 56.8 Å². The van der Waals surface area contributed by atoms with Gasteiger partial charge in [-0.1, -0.05) is 0 Å². The van der Waals surface area contributed by atoms with Crippen LogP contribution in [0.3, 0.4) is 0 Å². The van der Waals surface area contributed by atoms with Crippen molar-refractivity contribution >= 4 is 17.2 Å². The van der Waals surface area contributed by atoms with Crippen LogP contribution in [-0.2, 0) is 9.47 Å². The molecule has 136 valence electrons. The molecule has 0 atom stereocenters. The van der Waals surface area contributed by atoms with Crippen molar-refractivity contribution in [1.29, 1.82) is 0 Å². The Kier molecular flexibility index (Phi) is 4.94. The molecule has 0 amide bonds. The number of morpholine rings is 1. The van der Waals surface area contributed by atoms with Gasteiger partial charge in [-0.2, -0.15) is 4.52 Å². The lowest BCUT2D eigenvalue weighted by Crippen LogP contribution is -2.36. The predicted octanol–water partition coefficient (Wildman–Crippen LogP) is 1.69. The number of hydrogen-bond donors (Lipinski definition) is 1. The smallest absolute Gasteiger partial charge is 0.185 e. The van der Waals surface area contributed by atoms with Gasteiger partial charge in [0.1, 0.15) is 5.82 Å². The Balaban J connectivity index is 1.58. The lowest BCUT2D eigenvalue weighted by molar-refractivity contribution is 0.122. The third-order valence-corrected chi connectivity index (χ3v) is 4.38. The summed E-state index contributed by atoms with van der Waals surface area (Å²) in [6.07, 6.45) is 0. The van der Waals surface area contributed by atoms with E-state index in [2.05, 4.69) is 49.8 Å². The van der Waals surface area contributed by atoms with Gasteiger partial charge in [0.25, 0.3) is 0 Å². The summed E-state index contributed by atoms with van der Waals surface area (Å²) in [4.78, 5) is 2.32. The topological polar surface area (TPSA) is 76.8 Å². The molecule has 0 saturated carbocycles. The molecule has 8 heteroatoms. The first-order valence-electron chi connectivity index (χ1n) is 8.73. The summed E-state index contributed by atoms with van der Waals surface area (Å²) in [6.45, 7) is 4.72. The van der Waals surface area contributed by atoms with E-state index in [0.29, 0.717) is 13.2 Å². The summed E-state index contributed by atoms with van der Waals surface area (Å²) in [7, 11) is 1.68. The van der Waals surface area contributed by atoms with Crippen LogP contribution < -0.4 is 10.2 Å². The van der Waals surface area contributed by atoms with E-state index in [0.717, 1.165) is 49.2 Å². The molecule has 0 radical (unpaired) electrons. The van der Waals surface area contributed by atoms with E-state index in [1.807, 2.05) is 12.1 Å². The maximum Gasteiger partial charge on any atom is 0.185 e. The average molecular weight is 354 g/mol. The second-order valence-corrected chi connectivity index (χ2v) is 6.08. The Morgan fingerprint density at radius 3 is 2.65 bits per heavy atom. The van der Waals surface area contributed by atoms with Gasteiger partial charge < -0.3 is 19.7 Å². The highest BCUT2D eigenvalue weighted by Crippen LogP contribution is 2.23. The minimum absolute atomic E-state index is 0.623. The largest absolute Gasteiger partial charge is 0.383 e. The third kappa shape index (κ3) is 3.47. The van der Waals surface area contributed by atoms with Crippen molar-refractivity contribution in [2.45, 2.75) is 0 Å². The SMILES string of the molecule is COCCNc1ccc2nnc(-c3ccc(N4CCOCC4)cc3)n2n1. The van der Waals surface area contributed by atoms with Gasteiger partial charge in [-0.3, -0.25) is 0 Å². The number of methoxy groups -OCH3 is 1. The molecule has 0 aliphatic carbocycles. The maximum atomic E-state index is 5.41. The van der Waals surface area contributed by atoms with Crippen LogP contribution in [-0.4, -0.2) is 66.4 Å². The molecule has 1 saturated heterocycles. The van der Waals surface area contributed by atoms with Crippen molar-refractivity contribution < 1.29 is 9.47 Å². The molecule has 1 aliphatic rings. The zero-order valence-electron chi connectivity index (χ0n) is 14.8. The Labute approximate surface area is 151 Å². The Morgan fingerprint density at radius 2 is 1.88 bits per heavy atom. The van der Waals surface area contributed by atoms with E-state index in [9.17, 15) is 0 Å². The standard InChI is InChI=1S/C18H22N6O2/c1-25-11-8-19-16-6-7-17-20-21-18(24(17)22-16)14-2-4-15(5-3-14)23-9-12-26-13-10-23/h2-7H,8-13H2,1H3,(H,19,22). The number of aromatic nitrogens is 4. The zero-order chi connectivity index (χ0) is 17.8. The average Bonchev–Trinajstić information content (AvgIpc) is 3.12. The van der Waals surface area contributed by atoms with Crippen LogP contribution in [0.25, 0.3) is 17.0 Å². The molecular formula is C18H22N6O2. The summed E-state index contributed by atoms with van der Waals surface area (Å²) < 4.78 is 12.2. The summed E-state index contributed by atoms with van der Waals surface area (Å²) in [6, 6.07) is 12.2. The molecule has 8 nitrogen and oxygen atoms in total. The maximum absolute atomic E-state index is 5.41. The lowest BCUT2D eigenvalue weighted by Gasteiger charge is -2.28. The second-order valence-electron chi connectivity index (χ2n) is 6.08. The molecule has 26 heavy (non-hydrogen) atoms. The third-order valence-electron chi connectivity index (χ3n) is 4.38. The summed E-state index contributed by atoms with van der Waals surface area (Å²) in [5, 5.41) is 16.3. The van der Waals surface area contributed by atoms with Gasteiger partial charge in [-0.25, -0.2) is 0 Å². The Morgan fingerprint density at radius 1 is 1.08 bits per heavy atom. The minimum Gasteiger partial charge on any atom is -0.383 e. The molecule has 3 heterocycles. The molecule has 1 N–H and O–H groups in total. The first kappa shape index (κ1) is 16.7. The van der Waals surface area contributed by atoms with E-state index < -0.39 is 0 Å². The van der Waals surface area contributed by atoms with E-state index in [4.69, 9.17) is 9.47 Å². The van der Waals surface area contributed by atoms with Crippen molar-refractivity contribution in [2.24, 2.45) is 0 Å². The number of rotatable bonds is 6. The van der Waals surface area contributed by atoms with Gasteiger partial charge in [-0.05, 0) is 36.4 Å². The van der Waals surface area contributed by atoms with Gasteiger partial charge in [0.15, 0.2) is 11.5 Å². The molecule has 4 rings (SSSR count). The van der Waals surface area contributed by atoms with Crippen molar-refractivity contribution in [3.8, 4) is 11.4 Å². The quantitative estimate of drug-likeness (QED) is 0.675. The normalized spacial score (nSPS) is 14.7. The fourth-order valence-electron chi connectivity index (χ4n) is 2.99. The number of fused-ring (bicyclic) bond motifs is 1. The van der Waals surface area contributed by atoms with Gasteiger partial charge >= 0.3 is 0 Å². The number of nitrogens with zero attached hydrogens (tertiary/aromatic N) is 5. The van der Waals surface area contributed by atoms with Crippen molar-refractivity contribution in [3.63, 3.8) is 0 Å². The van der Waals surface area contributed by atoms with E-state index >= 15 is 0 Å². The van der Waals surface area contributed by atoms with Crippen LogP contribution in [0, 0.1) is 0 Å². The molecule has 1 fully saturated rings. The number of hydrogen-bond acceptors (Lipinski definition) is 7. The zero-order valence-corrected chi connectivity index (χ0v) is 14.8. The van der Waals surface area contributed by atoms with Crippen LogP contribution in [0.4, 0.5) is 11.5 Å². The molecule has 0 unspecified atom stereocenters. The molecule has 0 spiro atoms. The van der Waals surface area contributed by atoms with Gasteiger partial charge in [0.2, 0.25) is 0 Å². The molecule has 1 aromatic carbocycles.